The molecule has 230 valence electrons. The molecule has 0 aromatic heterocycles. The molecule has 16 heteroatoms. The van der Waals surface area contributed by atoms with E-state index in [1.807, 2.05) is 0 Å². The molecule has 0 atom stereocenters. The van der Waals surface area contributed by atoms with Crippen LogP contribution in [0.3, 0.4) is 0 Å². The van der Waals surface area contributed by atoms with Gasteiger partial charge in [-0.3, -0.25) is 0 Å². The van der Waals surface area contributed by atoms with E-state index in [1.54, 1.807) is 0 Å². The van der Waals surface area contributed by atoms with Crippen LogP contribution in [0, 0.1) is 0 Å². The summed E-state index contributed by atoms with van der Waals surface area (Å²) in [5.74, 6) is -3.73. The third kappa shape index (κ3) is 10.5. The lowest BCUT2D eigenvalue weighted by Gasteiger charge is -2.11. The van der Waals surface area contributed by atoms with Gasteiger partial charge in [-0.1, -0.05) is 0 Å². The van der Waals surface area contributed by atoms with E-state index in [0.717, 1.165) is 0 Å². The number of carbonyl (C=O) groups is 3. The van der Waals surface area contributed by atoms with E-state index >= 15 is 0 Å². The zero-order valence-electron chi connectivity index (χ0n) is 21.3. The van der Waals surface area contributed by atoms with Crippen LogP contribution < -0.4 is 0 Å². The van der Waals surface area contributed by atoms with Crippen LogP contribution in [-0.4, -0.2) is 56.3 Å². The van der Waals surface area contributed by atoms with Crippen LogP contribution in [0.5, 0.6) is 0 Å². The highest BCUT2D eigenvalue weighted by molar-refractivity contribution is 7.97. The topological polar surface area (TPSA) is 78.9 Å². The van der Waals surface area contributed by atoms with Gasteiger partial charge >= 0.3 is 36.4 Å². The number of rotatable bonds is 9. The van der Waals surface area contributed by atoms with Gasteiger partial charge in [-0.05, 0) is 72.8 Å². The Balaban J connectivity index is 1.91. The summed E-state index contributed by atoms with van der Waals surface area (Å²) in [6.45, 7) is -5.39. The summed E-state index contributed by atoms with van der Waals surface area (Å²) in [6.07, 6.45) is -14.2. The minimum atomic E-state index is -4.74. The predicted octanol–water partition coefficient (Wildman–Crippen LogP) is 6.94. The zero-order chi connectivity index (χ0) is 32.0. The summed E-state index contributed by atoms with van der Waals surface area (Å²) in [6, 6.07) is 15.5. The van der Waals surface area contributed by atoms with Gasteiger partial charge in [-0.15, -0.1) is 0 Å². The Labute approximate surface area is 239 Å². The summed E-state index contributed by atoms with van der Waals surface area (Å²) < 4.78 is 124. The van der Waals surface area contributed by atoms with Crippen LogP contribution in [0.1, 0.15) is 31.1 Å². The molecule has 6 nitrogen and oxygen atoms in total. The quantitative estimate of drug-likeness (QED) is 0.109. The number of halogens is 9. The Morgan fingerprint density at radius 2 is 0.651 bits per heavy atom. The smallest absolute Gasteiger partial charge is 0.422 e. The second kappa shape index (κ2) is 13.4. The summed E-state index contributed by atoms with van der Waals surface area (Å²) in [5.41, 5.74) is -0.619. The van der Waals surface area contributed by atoms with Crippen LogP contribution in [0.2, 0.25) is 0 Å². The van der Waals surface area contributed by atoms with Crippen molar-refractivity contribution < 1.29 is 68.1 Å². The summed E-state index contributed by atoms with van der Waals surface area (Å²) >= 11 is 0. The molecular weight excluding hydrogens is 623 g/mol. The van der Waals surface area contributed by atoms with Crippen molar-refractivity contribution in [1.29, 1.82) is 0 Å². The molecule has 0 amide bonds. The summed E-state index contributed by atoms with van der Waals surface area (Å²) in [5, 5.41) is 0. The van der Waals surface area contributed by atoms with Gasteiger partial charge in [0.1, 0.15) is 0 Å². The number of hydrogen-bond donors (Lipinski definition) is 0. The molecule has 43 heavy (non-hydrogen) atoms. The van der Waals surface area contributed by atoms with E-state index < -0.39 is 67.2 Å². The Bertz CT molecular complexity index is 1240. The van der Waals surface area contributed by atoms with Gasteiger partial charge in [0.15, 0.2) is 34.5 Å². The third-order valence-corrected chi connectivity index (χ3v) is 7.31. The number of hydrogen-bond acceptors (Lipinski definition) is 6. The monoisotopic (exact) mass is 641 g/mol. The maximum Gasteiger partial charge on any atom is 0.422 e. The lowest BCUT2D eigenvalue weighted by molar-refractivity contribution is -0.161. The first kappa shape index (κ1) is 33.3. The van der Waals surface area contributed by atoms with Gasteiger partial charge in [0.25, 0.3) is 0 Å². The van der Waals surface area contributed by atoms with Crippen molar-refractivity contribution in [1.82, 2.24) is 0 Å². The number of alkyl halides is 9. The van der Waals surface area contributed by atoms with Crippen molar-refractivity contribution in [2.24, 2.45) is 0 Å². The normalized spacial score (nSPS) is 12.1. The molecule has 0 radical (unpaired) electrons. The van der Waals surface area contributed by atoms with Gasteiger partial charge in [-0.25, -0.2) is 14.4 Å². The van der Waals surface area contributed by atoms with E-state index in [2.05, 4.69) is 14.2 Å². The van der Waals surface area contributed by atoms with E-state index in [9.17, 15) is 53.9 Å². The molecular formula is C27H18F9O6S+. The molecule has 0 fully saturated rings. The van der Waals surface area contributed by atoms with Crippen molar-refractivity contribution in [3.05, 3.63) is 89.5 Å². The first-order chi connectivity index (χ1) is 19.9. The Kier molecular flexibility index (Phi) is 10.4. The maximum absolute atomic E-state index is 12.4. The highest BCUT2D eigenvalue weighted by Gasteiger charge is 2.33. The minimum Gasteiger partial charge on any atom is -0.452 e. The summed E-state index contributed by atoms with van der Waals surface area (Å²) in [4.78, 5) is 37.3. The number of carbonyl (C=O) groups excluding carboxylic acids is 3. The van der Waals surface area contributed by atoms with Crippen molar-refractivity contribution in [3.8, 4) is 0 Å². The van der Waals surface area contributed by atoms with Crippen molar-refractivity contribution in [2.75, 3.05) is 19.8 Å². The molecule has 0 aliphatic heterocycles. The SMILES string of the molecule is O=C(OCC(F)(F)F)c1ccc([S+](c2ccc(C(=O)OCC(F)(F)F)cc2)c2ccc(C(=O)OCC(F)(F)F)cc2)cc1. The maximum atomic E-state index is 12.4. The highest BCUT2D eigenvalue weighted by atomic mass is 32.2. The fraction of sp³-hybridized carbons (Fsp3) is 0.222. The van der Waals surface area contributed by atoms with E-state index in [4.69, 9.17) is 0 Å². The van der Waals surface area contributed by atoms with Crippen LogP contribution >= 0.6 is 0 Å². The fourth-order valence-electron chi connectivity index (χ4n) is 3.28. The number of esters is 3. The van der Waals surface area contributed by atoms with Gasteiger partial charge in [0.2, 0.25) is 0 Å². The molecule has 3 rings (SSSR count). The third-order valence-electron chi connectivity index (χ3n) is 5.08. The Morgan fingerprint density at radius 3 is 0.837 bits per heavy atom. The number of ether oxygens (including phenoxy) is 3. The molecule has 0 aliphatic carbocycles. The van der Waals surface area contributed by atoms with Gasteiger partial charge in [0, 0.05) is 0 Å². The molecule has 0 bridgehead atoms. The minimum absolute atomic E-state index is 0.206. The molecule has 0 saturated heterocycles. The lowest BCUT2D eigenvalue weighted by Crippen LogP contribution is -2.20. The highest BCUT2D eigenvalue weighted by Crippen LogP contribution is 2.32. The molecule has 3 aromatic carbocycles. The van der Waals surface area contributed by atoms with Crippen molar-refractivity contribution in [3.63, 3.8) is 0 Å². The Hall–Kier alpha value is -4.21. The average molecular weight is 641 g/mol. The predicted molar refractivity (Wildman–Crippen MR) is 131 cm³/mol. The molecule has 0 saturated carbocycles. The second-order valence-corrected chi connectivity index (χ2v) is 10.5. The zero-order valence-corrected chi connectivity index (χ0v) is 22.1. The molecule has 0 N–H and O–H groups in total. The molecule has 0 unspecified atom stereocenters. The molecule has 0 spiro atoms. The molecule has 3 aromatic rings. The van der Waals surface area contributed by atoms with Gasteiger partial charge < -0.3 is 14.2 Å². The van der Waals surface area contributed by atoms with E-state index in [0.29, 0.717) is 14.7 Å². The van der Waals surface area contributed by atoms with E-state index in [-0.39, 0.29) is 16.7 Å². The van der Waals surface area contributed by atoms with Gasteiger partial charge in [0.05, 0.1) is 27.6 Å². The fourth-order valence-corrected chi connectivity index (χ4v) is 5.32. The van der Waals surface area contributed by atoms with E-state index in [1.165, 1.54) is 72.8 Å². The van der Waals surface area contributed by atoms with Crippen LogP contribution in [0.25, 0.3) is 0 Å². The first-order valence-corrected chi connectivity index (χ1v) is 12.9. The van der Waals surface area contributed by atoms with Gasteiger partial charge in [-0.2, -0.15) is 39.5 Å². The van der Waals surface area contributed by atoms with Crippen LogP contribution in [0.4, 0.5) is 39.5 Å². The van der Waals surface area contributed by atoms with Crippen molar-refractivity contribution in [2.45, 2.75) is 33.2 Å². The second-order valence-electron chi connectivity index (χ2n) is 8.45. The molecule has 0 aliphatic rings. The van der Waals surface area contributed by atoms with Crippen LogP contribution in [-0.2, 0) is 25.1 Å². The summed E-state index contributed by atoms with van der Waals surface area (Å²) in [7, 11) is -1.13. The standard InChI is InChI=1S/C27H18F9O6S/c28-25(29,30)13-40-22(37)16-1-7-19(8-2-16)43(20-9-3-17(4-10-20)23(38)41-14-26(31,32)33)21-11-5-18(6-12-21)24(39)42-15-27(34,35)36/h1-12H,13-15H2/q+1. The lowest BCUT2D eigenvalue weighted by atomic mass is 10.2. The van der Waals surface area contributed by atoms with Crippen molar-refractivity contribution >= 4 is 28.8 Å². The average Bonchev–Trinajstić information content (AvgIpc) is 2.93. The Morgan fingerprint density at radius 1 is 0.442 bits per heavy atom. The molecule has 0 heterocycles. The van der Waals surface area contributed by atoms with Crippen LogP contribution in [0.15, 0.2) is 87.5 Å². The number of benzene rings is 3. The largest absolute Gasteiger partial charge is 0.452 e. The first-order valence-electron chi connectivity index (χ1n) is 11.7.